The van der Waals surface area contributed by atoms with E-state index in [9.17, 15) is 4.79 Å². The minimum absolute atomic E-state index is 0.0717. The van der Waals surface area contributed by atoms with Crippen LogP contribution in [0.5, 0.6) is 5.75 Å². The summed E-state index contributed by atoms with van der Waals surface area (Å²) in [7, 11) is 1.35. The van der Waals surface area contributed by atoms with Gasteiger partial charge in [0.25, 0.3) is 0 Å². The van der Waals surface area contributed by atoms with Crippen LogP contribution < -0.4 is 10.1 Å². The Hall–Kier alpha value is -2.44. The number of hydrogen-bond donors (Lipinski definition) is 1. The largest absolute Gasteiger partial charge is 0.482 e. The maximum Gasteiger partial charge on any atom is 0.343 e. The Bertz CT molecular complexity index is 676. The summed E-state index contributed by atoms with van der Waals surface area (Å²) in [6.07, 6.45) is 3.69. The Morgan fingerprint density at radius 2 is 2.00 bits per heavy atom. The molecule has 1 atom stereocenters. The fraction of sp³-hybridized carbons (Fsp3) is 0.368. The van der Waals surface area contributed by atoms with Crippen LogP contribution in [-0.4, -0.2) is 49.2 Å². The van der Waals surface area contributed by atoms with E-state index in [4.69, 9.17) is 4.74 Å². The van der Waals surface area contributed by atoms with E-state index in [0.29, 0.717) is 11.8 Å². The summed E-state index contributed by atoms with van der Waals surface area (Å²) in [4.78, 5) is 17.7. The van der Waals surface area contributed by atoms with Crippen molar-refractivity contribution in [3.8, 4) is 5.75 Å². The normalized spacial score (nSPS) is 17.9. The molecule has 1 N–H and O–H groups in total. The Labute approximate surface area is 147 Å². The third-order valence-corrected chi connectivity index (χ3v) is 4.34. The van der Waals surface area contributed by atoms with Crippen molar-refractivity contribution in [3.05, 3.63) is 59.9 Å². The molecule has 1 fully saturated rings. The van der Waals surface area contributed by atoms with Gasteiger partial charge in [0, 0.05) is 44.6 Å². The summed E-state index contributed by atoms with van der Waals surface area (Å²) in [6.45, 7) is 3.71. The minimum atomic E-state index is -0.384. The molecule has 2 heterocycles. The predicted octanol–water partition coefficient (Wildman–Crippen LogP) is 1.78. The van der Waals surface area contributed by atoms with Gasteiger partial charge in [-0.1, -0.05) is 12.1 Å². The van der Waals surface area contributed by atoms with Gasteiger partial charge in [0.2, 0.25) is 0 Å². The van der Waals surface area contributed by atoms with Crippen LogP contribution in [0.1, 0.15) is 17.2 Å². The third-order valence-electron chi connectivity index (χ3n) is 4.34. The summed E-state index contributed by atoms with van der Waals surface area (Å²) in [5.74, 6) is 0.283. The number of hydrogen-bond acceptors (Lipinski definition) is 6. The lowest BCUT2D eigenvalue weighted by atomic mass is 10.0. The van der Waals surface area contributed by atoms with E-state index >= 15 is 0 Å². The van der Waals surface area contributed by atoms with Crippen molar-refractivity contribution < 1.29 is 14.3 Å². The second-order valence-electron chi connectivity index (χ2n) is 5.98. The van der Waals surface area contributed by atoms with Gasteiger partial charge in [0.05, 0.1) is 7.11 Å². The molecule has 1 aliphatic rings. The number of methoxy groups -OCH3 is 1. The van der Waals surface area contributed by atoms with Crippen LogP contribution in [0.25, 0.3) is 0 Å². The molecule has 1 aromatic carbocycles. The highest BCUT2D eigenvalue weighted by molar-refractivity contribution is 5.70. The third kappa shape index (κ3) is 4.78. The lowest BCUT2D eigenvalue weighted by Gasteiger charge is -2.36. The topological polar surface area (TPSA) is 63.7 Å². The van der Waals surface area contributed by atoms with Crippen LogP contribution in [0, 0.1) is 0 Å². The number of nitrogens with zero attached hydrogens (tertiary/aromatic N) is 2. The molecule has 6 nitrogen and oxygen atoms in total. The van der Waals surface area contributed by atoms with Gasteiger partial charge in [-0.3, -0.25) is 9.88 Å². The fourth-order valence-corrected chi connectivity index (χ4v) is 2.98. The summed E-state index contributed by atoms with van der Waals surface area (Å²) < 4.78 is 9.96. The zero-order valence-corrected chi connectivity index (χ0v) is 14.4. The van der Waals surface area contributed by atoms with Crippen LogP contribution in [0.3, 0.4) is 0 Å². The van der Waals surface area contributed by atoms with Crippen molar-refractivity contribution in [2.45, 2.75) is 12.6 Å². The number of aromatic nitrogens is 1. The lowest BCUT2D eigenvalue weighted by molar-refractivity contribution is -0.142. The number of piperazine rings is 1. The Morgan fingerprint density at radius 3 is 2.72 bits per heavy atom. The molecule has 0 radical (unpaired) electrons. The van der Waals surface area contributed by atoms with Gasteiger partial charge in [-0.05, 0) is 35.4 Å². The number of nitrogens with one attached hydrogen (secondary N) is 1. The van der Waals surface area contributed by atoms with Crippen LogP contribution in [0.15, 0.2) is 48.8 Å². The van der Waals surface area contributed by atoms with Crippen LogP contribution in [0.4, 0.5) is 0 Å². The van der Waals surface area contributed by atoms with Crippen molar-refractivity contribution in [1.82, 2.24) is 15.2 Å². The van der Waals surface area contributed by atoms with Gasteiger partial charge >= 0.3 is 5.97 Å². The first-order valence-corrected chi connectivity index (χ1v) is 8.39. The van der Waals surface area contributed by atoms with Crippen LogP contribution in [-0.2, 0) is 16.1 Å². The summed E-state index contributed by atoms with van der Waals surface area (Å²) in [5.41, 5.74) is 2.49. The van der Waals surface area contributed by atoms with Crippen molar-refractivity contribution >= 4 is 5.97 Å². The first-order valence-electron chi connectivity index (χ1n) is 8.39. The summed E-state index contributed by atoms with van der Waals surface area (Å²) in [5, 5.41) is 3.47. The number of rotatable bonds is 6. The van der Waals surface area contributed by atoms with Crippen LogP contribution in [0.2, 0.25) is 0 Å². The van der Waals surface area contributed by atoms with Crippen molar-refractivity contribution in [2.24, 2.45) is 0 Å². The molecule has 1 unspecified atom stereocenters. The summed E-state index contributed by atoms with van der Waals surface area (Å²) >= 11 is 0. The van der Waals surface area contributed by atoms with E-state index in [0.717, 1.165) is 26.2 Å². The average molecular weight is 341 g/mol. The first-order chi connectivity index (χ1) is 12.3. The van der Waals surface area contributed by atoms with E-state index in [-0.39, 0.29) is 12.6 Å². The quantitative estimate of drug-likeness (QED) is 0.808. The number of carbonyl (C=O) groups is 1. The number of carbonyl (C=O) groups excluding carboxylic acids is 1. The Balaban J connectivity index is 1.63. The molecular weight excluding hydrogens is 318 g/mol. The van der Waals surface area contributed by atoms with Gasteiger partial charge in [-0.2, -0.15) is 0 Å². The first kappa shape index (κ1) is 17.4. The highest BCUT2D eigenvalue weighted by atomic mass is 16.6. The van der Waals surface area contributed by atoms with Gasteiger partial charge in [0.1, 0.15) is 5.75 Å². The highest BCUT2D eigenvalue weighted by Crippen LogP contribution is 2.24. The molecule has 3 rings (SSSR count). The number of benzene rings is 1. The van der Waals surface area contributed by atoms with Crippen molar-refractivity contribution in [3.63, 3.8) is 0 Å². The second-order valence-corrected chi connectivity index (χ2v) is 5.98. The zero-order chi connectivity index (χ0) is 17.5. The van der Waals surface area contributed by atoms with E-state index in [1.54, 1.807) is 0 Å². The van der Waals surface area contributed by atoms with E-state index < -0.39 is 0 Å². The molecule has 1 aliphatic heterocycles. The Morgan fingerprint density at radius 1 is 1.24 bits per heavy atom. The second kappa shape index (κ2) is 8.60. The molecule has 0 aliphatic carbocycles. The van der Waals surface area contributed by atoms with Gasteiger partial charge < -0.3 is 14.8 Å². The molecule has 0 bridgehead atoms. The smallest absolute Gasteiger partial charge is 0.343 e. The maximum atomic E-state index is 11.1. The van der Waals surface area contributed by atoms with E-state index in [2.05, 4.69) is 32.1 Å². The van der Waals surface area contributed by atoms with E-state index in [1.165, 1.54) is 18.2 Å². The molecule has 6 heteroatoms. The van der Waals surface area contributed by atoms with Gasteiger partial charge in [-0.25, -0.2) is 4.79 Å². The number of pyridine rings is 1. The monoisotopic (exact) mass is 341 g/mol. The van der Waals surface area contributed by atoms with Crippen molar-refractivity contribution in [1.29, 1.82) is 0 Å². The van der Waals surface area contributed by atoms with Gasteiger partial charge in [-0.15, -0.1) is 0 Å². The number of esters is 1. The van der Waals surface area contributed by atoms with E-state index in [1.807, 2.05) is 36.7 Å². The highest BCUT2D eigenvalue weighted by Gasteiger charge is 2.23. The molecule has 0 saturated carbocycles. The van der Waals surface area contributed by atoms with Gasteiger partial charge in [0.15, 0.2) is 6.61 Å². The zero-order valence-electron chi connectivity index (χ0n) is 14.4. The van der Waals surface area contributed by atoms with Crippen molar-refractivity contribution in [2.75, 3.05) is 33.4 Å². The Kier molecular flexibility index (Phi) is 5.98. The molecule has 1 saturated heterocycles. The maximum absolute atomic E-state index is 11.1. The average Bonchev–Trinajstić information content (AvgIpc) is 2.68. The molecule has 1 aromatic heterocycles. The molecular formula is C19H23N3O3. The number of ether oxygens (including phenoxy) is 2. The minimum Gasteiger partial charge on any atom is -0.482 e. The van der Waals surface area contributed by atoms with Crippen LogP contribution >= 0.6 is 0 Å². The molecule has 25 heavy (non-hydrogen) atoms. The molecule has 132 valence electrons. The molecule has 0 spiro atoms. The summed E-state index contributed by atoms with van der Waals surface area (Å²) in [6, 6.07) is 12.4. The molecule has 0 amide bonds. The fourth-order valence-electron chi connectivity index (χ4n) is 2.98. The SMILES string of the molecule is COC(=O)COc1ccc(CN2CCNCC2c2ccncc2)cc1. The standard InChI is InChI=1S/C19H23N3O3/c1-24-19(23)14-25-17-4-2-15(3-5-17)13-22-11-10-21-12-18(22)16-6-8-20-9-7-16/h2-9,18,21H,10-14H2,1H3. The predicted molar refractivity (Wildman–Crippen MR) is 94.2 cm³/mol. The lowest BCUT2D eigenvalue weighted by Crippen LogP contribution is -2.45. The molecule has 2 aromatic rings.